The number of carbonyl (C=O) groups excluding carboxylic acids is 1. The van der Waals surface area contributed by atoms with E-state index < -0.39 is 5.82 Å². The van der Waals surface area contributed by atoms with E-state index in [0.29, 0.717) is 11.4 Å². The van der Waals surface area contributed by atoms with Crippen LogP contribution in [-0.2, 0) is 17.8 Å². The van der Waals surface area contributed by atoms with Crippen molar-refractivity contribution in [1.82, 2.24) is 19.9 Å². The maximum atomic E-state index is 15.0. The Kier molecular flexibility index (Phi) is 7.43. The van der Waals surface area contributed by atoms with Gasteiger partial charge in [0.05, 0.1) is 33.5 Å². The van der Waals surface area contributed by atoms with Crippen LogP contribution in [0.2, 0.25) is 0 Å². The van der Waals surface area contributed by atoms with Crippen molar-refractivity contribution in [1.29, 1.82) is 0 Å². The predicted octanol–water partition coefficient (Wildman–Crippen LogP) is 6.48. The Morgan fingerprint density at radius 3 is 2.74 bits per heavy atom. The van der Waals surface area contributed by atoms with E-state index in [2.05, 4.69) is 27.5 Å². The molecule has 0 unspecified atom stereocenters. The minimum atomic E-state index is -0.576. The van der Waals surface area contributed by atoms with Crippen LogP contribution in [0.25, 0.3) is 20.8 Å². The highest BCUT2D eigenvalue weighted by atomic mass is 32.1. The largest absolute Gasteiger partial charge is 0.453 e. The van der Waals surface area contributed by atoms with Gasteiger partial charge in [-0.15, -0.1) is 11.3 Å². The van der Waals surface area contributed by atoms with E-state index >= 15 is 0 Å². The number of halogens is 1. The minimum Gasteiger partial charge on any atom is -0.453 e. The Labute approximate surface area is 228 Å². The summed E-state index contributed by atoms with van der Waals surface area (Å²) in [7, 11) is 0. The van der Waals surface area contributed by atoms with Gasteiger partial charge in [-0.3, -0.25) is 9.78 Å². The van der Waals surface area contributed by atoms with Crippen LogP contribution >= 0.6 is 23.6 Å². The van der Waals surface area contributed by atoms with Gasteiger partial charge >= 0.3 is 0 Å². The Morgan fingerprint density at radius 1 is 1.13 bits per heavy atom. The first-order valence-corrected chi connectivity index (χ1v) is 13.2. The number of aryl methyl sites for hydroxylation is 2. The normalized spacial score (nSPS) is 10.9. The molecule has 2 N–H and O–H groups in total. The van der Waals surface area contributed by atoms with Crippen molar-refractivity contribution in [2.24, 2.45) is 0 Å². The topological polar surface area (TPSA) is 81.1 Å². The number of nitrogens with zero attached hydrogens (tertiary/aromatic N) is 3. The molecule has 3 heterocycles. The fourth-order valence-electron chi connectivity index (χ4n) is 3.88. The lowest BCUT2D eigenvalue weighted by Crippen LogP contribution is -2.35. The van der Waals surface area contributed by atoms with Crippen molar-refractivity contribution in [3.63, 3.8) is 0 Å². The number of aromatic nitrogens is 3. The Morgan fingerprint density at radius 2 is 1.97 bits per heavy atom. The second kappa shape index (κ2) is 11.1. The number of imidazole rings is 1. The third kappa shape index (κ3) is 5.71. The van der Waals surface area contributed by atoms with Crippen molar-refractivity contribution in [2.45, 2.75) is 26.8 Å². The number of anilines is 1. The van der Waals surface area contributed by atoms with Crippen LogP contribution < -0.4 is 15.4 Å². The van der Waals surface area contributed by atoms with Gasteiger partial charge in [0.25, 0.3) is 0 Å². The van der Waals surface area contributed by atoms with Crippen LogP contribution in [0.3, 0.4) is 0 Å². The molecule has 2 aromatic carbocycles. The summed E-state index contributed by atoms with van der Waals surface area (Å²) in [5, 5.41) is 5.57. The molecule has 0 aliphatic carbocycles. The van der Waals surface area contributed by atoms with Crippen LogP contribution in [0.15, 0.2) is 73.3 Å². The average Bonchev–Trinajstić information content (AvgIpc) is 3.54. The second-order valence-corrected chi connectivity index (χ2v) is 10.0. The zero-order valence-electron chi connectivity index (χ0n) is 20.7. The molecule has 5 rings (SSSR count). The number of rotatable bonds is 7. The number of thiophene rings is 1. The Bertz CT molecular complexity index is 1650. The number of ether oxygens (including phenoxy) is 1. The van der Waals surface area contributed by atoms with E-state index in [1.807, 2.05) is 48.0 Å². The number of pyridine rings is 1. The summed E-state index contributed by atoms with van der Waals surface area (Å²) < 4.78 is 23.7. The van der Waals surface area contributed by atoms with Gasteiger partial charge in [-0.25, -0.2) is 9.37 Å². The molecule has 192 valence electrons. The predicted molar refractivity (Wildman–Crippen MR) is 152 cm³/mol. The summed E-state index contributed by atoms with van der Waals surface area (Å²) in [5.74, 6) is -0.272. The summed E-state index contributed by atoms with van der Waals surface area (Å²) in [4.78, 5) is 22.2. The van der Waals surface area contributed by atoms with Crippen molar-refractivity contribution in [2.75, 3.05) is 5.32 Å². The first-order chi connectivity index (χ1) is 18.4. The smallest absolute Gasteiger partial charge is 0.230 e. The maximum absolute atomic E-state index is 15.0. The van der Waals surface area contributed by atoms with Crippen LogP contribution in [0, 0.1) is 12.7 Å². The zero-order chi connectivity index (χ0) is 26.6. The number of benzene rings is 2. The Balaban J connectivity index is 1.26. The SMILES string of the molecule is CCn1cnc(-c2cc3nccc(Oc4ccc(NC(=S)NC(=O)Cc5ccccc5C)cc4F)c3s2)c1. The number of carbonyl (C=O) groups is 1. The lowest BCUT2D eigenvalue weighted by molar-refractivity contribution is -0.119. The van der Waals surface area contributed by atoms with Gasteiger partial charge in [0, 0.05) is 36.8 Å². The standard InChI is InChI=1S/C28H24FN5O2S2/c1-3-34-15-22(31-16-34)25-14-21-27(38-25)24(10-11-30-21)36-23-9-8-19(13-20(23)29)32-28(37)33-26(35)12-18-7-5-4-6-17(18)2/h4-11,13-16H,3,12H2,1-2H3,(H2,32,33,35,37). The summed E-state index contributed by atoms with van der Waals surface area (Å²) in [5.41, 5.74) is 3.93. The molecule has 0 saturated heterocycles. The molecule has 3 aromatic heterocycles. The molecule has 10 heteroatoms. The van der Waals surface area contributed by atoms with Crippen molar-refractivity contribution < 1.29 is 13.9 Å². The van der Waals surface area contributed by atoms with E-state index in [-0.39, 0.29) is 23.2 Å². The van der Waals surface area contributed by atoms with Gasteiger partial charge in [-0.2, -0.15) is 0 Å². The number of fused-ring (bicyclic) bond motifs is 1. The molecule has 0 bridgehead atoms. The highest BCUT2D eigenvalue weighted by Crippen LogP contribution is 2.39. The van der Waals surface area contributed by atoms with Crippen molar-refractivity contribution >= 4 is 50.5 Å². The average molecular weight is 546 g/mol. The van der Waals surface area contributed by atoms with Gasteiger partial charge in [-0.1, -0.05) is 24.3 Å². The maximum Gasteiger partial charge on any atom is 0.230 e. The highest BCUT2D eigenvalue weighted by molar-refractivity contribution is 7.80. The lowest BCUT2D eigenvalue weighted by Gasteiger charge is -2.12. The number of thiocarbonyl (C=S) groups is 1. The molecule has 0 spiro atoms. The molecule has 7 nitrogen and oxygen atoms in total. The molecule has 0 radical (unpaired) electrons. The molecule has 0 fully saturated rings. The van der Waals surface area contributed by atoms with E-state index in [1.165, 1.54) is 23.5 Å². The first-order valence-electron chi connectivity index (χ1n) is 11.9. The van der Waals surface area contributed by atoms with Gasteiger partial charge < -0.3 is 19.9 Å². The molecule has 0 saturated carbocycles. The van der Waals surface area contributed by atoms with E-state index in [9.17, 15) is 9.18 Å². The molecule has 1 amide bonds. The Hall–Kier alpha value is -4.15. The summed E-state index contributed by atoms with van der Waals surface area (Å²) in [6.45, 7) is 4.83. The van der Waals surface area contributed by atoms with Crippen LogP contribution in [0.5, 0.6) is 11.5 Å². The van der Waals surface area contributed by atoms with Crippen molar-refractivity contribution in [3.8, 4) is 22.1 Å². The number of nitrogens with one attached hydrogen (secondary N) is 2. The van der Waals surface area contributed by atoms with Crippen molar-refractivity contribution in [3.05, 3.63) is 90.3 Å². The molecule has 5 aromatic rings. The summed E-state index contributed by atoms with van der Waals surface area (Å²) in [6, 6.07) is 15.7. The highest BCUT2D eigenvalue weighted by Gasteiger charge is 2.15. The van der Waals surface area contributed by atoms with Crippen LogP contribution in [0.1, 0.15) is 18.1 Å². The van der Waals surface area contributed by atoms with Gasteiger partial charge in [0.15, 0.2) is 16.7 Å². The monoisotopic (exact) mass is 545 g/mol. The molecular formula is C28H24FN5O2S2. The number of hydrogen-bond donors (Lipinski definition) is 2. The molecule has 0 aliphatic heterocycles. The van der Waals surface area contributed by atoms with Crippen LogP contribution in [-0.4, -0.2) is 25.6 Å². The molecular weight excluding hydrogens is 521 g/mol. The van der Waals surface area contributed by atoms with E-state index in [1.54, 1.807) is 24.7 Å². The summed E-state index contributed by atoms with van der Waals surface area (Å²) in [6.07, 6.45) is 5.59. The second-order valence-electron chi connectivity index (χ2n) is 8.58. The number of hydrogen-bond acceptors (Lipinski definition) is 6. The number of amides is 1. The van der Waals surface area contributed by atoms with Crippen LogP contribution in [0.4, 0.5) is 10.1 Å². The molecule has 38 heavy (non-hydrogen) atoms. The van der Waals surface area contributed by atoms with Gasteiger partial charge in [-0.05, 0) is 55.4 Å². The van der Waals surface area contributed by atoms with Gasteiger partial charge in [0.2, 0.25) is 5.91 Å². The fraction of sp³-hybridized carbons (Fsp3) is 0.143. The quantitative estimate of drug-likeness (QED) is 0.228. The lowest BCUT2D eigenvalue weighted by atomic mass is 10.1. The third-order valence-corrected chi connectivity index (χ3v) is 7.27. The molecule has 0 atom stereocenters. The van der Waals surface area contributed by atoms with Gasteiger partial charge in [0.1, 0.15) is 5.75 Å². The van der Waals surface area contributed by atoms with E-state index in [4.69, 9.17) is 17.0 Å². The van der Waals surface area contributed by atoms with E-state index in [0.717, 1.165) is 38.5 Å². The summed E-state index contributed by atoms with van der Waals surface area (Å²) >= 11 is 6.73. The zero-order valence-corrected chi connectivity index (χ0v) is 22.3. The third-order valence-electron chi connectivity index (χ3n) is 5.90. The fourth-order valence-corrected chi connectivity index (χ4v) is 5.13. The first kappa shape index (κ1) is 25.5. The molecule has 0 aliphatic rings. The minimum absolute atomic E-state index is 0.0581.